The number of hydrogen-bond acceptors (Lipinski definition) is 4. The molecule has 0 fully saturated rings. The van der Waals surface area contributed by atoms with Crippen molar-refractivity contribution in [2.24, 2.45) is 5.10 Å². The van der Waals surface area contributed by atoms with Crippen LogP contribution in [0.5, 0.6) is 5.75 Å². The van der Waals surface area contributed by atoms with Crippen LogP contribution in [0, 0.1) is 6.92 Å². The van der Waals surface area contributed by atoms with Crippen LogP contribution >= 0.6 is 11.3 Å². The van der Waals surface area contributed by atoms with Crippen LogP contribution < -0.4 is 10.2 Å². The zero-order chi connectivity index (χ0) is 14.4. The molecule has 4 nitrogen and oxygen atoms in total. The highest BCUT2D eigenvalue weighted by atomic mass is 32.1. The summed E-state index contributed by atoms with van der Waals surface area (Å²) in [7, 11) is 0. The van der Waals surface area contributed by atoms with Crippen LogP contribution in [-0.2, 0) is 4.79 Å². The Morgan fingerprint density at radius 3 is 2.70 bits per heavy atom. The van der Waals surface area contributed by atoms with Gasteiger partial charge < -0.3 is 4.74 Å². The smallest absolute Gasteiger partial charge is 0.277 e. The molecular weight excluding hydrogens is 272 g/mol. The lowest BCUT2D eigenvalue weighted by Gasteiger charge is -2.05. The van der Waals surface area contributed by atoms with Gasteiger partial charge in [0.15, 0.2) is 6.61 Å². The van der Waals surface area contributed by atoms with Gasteiger partial charge in [0.25, 0.3) is 5.91 Å². The minimum atomic E-state index is -0.276. The normalized spacial score (nSPS) is 11.2. The molecule has 0 saturated carbocycles. The van der Waals surface area contributed by atoms with Crippen molar-refractivity contribution in [2.75, 3.05) is 6.61 Å². The average Bonchev–Trinajstić information content (AvgIpc) is 2.98. The highest BCUT2D eigenvalue weighted by Crippen LogP contribution is 2.11. The number of ether oxygens (including phenoxy) is 1. The summed E-state index contributed by atoms with van der Waals surface area (Å²) in [5.74, 6) is 0.395. The Kier molecular flexibility index (Phi) is 4.90. The summed E-state index contributed by atoms with van der Waals surface area (Å²) in [4.78, 5) is 12.6. The second-order valence-corrected chi connectivity index (χ2v) is 5.26. The van der Waals surface area contributed by atoms with Gasteiger partial charge in [0.1, 0.15) is 5.75 Å². The maximum atomic E-state index is 11.6. The Labute approximate surface area is 122 Å². The van der Waals surface area contributed by atoms with Crippen LogP contribution in [-0.4, -0.2) is 18.2 Å². The van der Waals surface area contributed by atoms with Crippen molar-refractivity contribution in [2.45, 2.75) is 13.8 Å². The Hall–Kier alpha value is -2.14. The molecule has 1 N–H and O–H groups in total. The number of rotatable bonds is 5. The molecule has 2 rings (SSSR count). The molecule has 0 aliphatic carbocycles. The van der Waals surface area contributed by atoms with Crippen LogP contribution in [0.25, 0.3) is 0 Å². The molecule has 1 aromatic carbocycles. The van der Waals surface area contributed by atoms with Crippen molar-refractivity contribution < 1.29 is 9.53 Å². The SMILES string of the molecule is C/C(=N/NC(=O)COc1ccc(C)cc1)c1cccs1. The van der Waals surface area contributed by atoms with Gasteiger partial charge in [-0.1, -0.05) is 23.8 Å². The molecule has 1 heterocycles. The van der Waals surface area contributed by atoms with E-state index in [1.165, 1.54) is 0 Å². The number of nitrogens with one attached hydrogen (secondary N) is 1. The number of amides is 1. The number of thiophene rings is 1. The second kappa shape index (κ2) is 6.86. The molecular formula is C15H16N2O2S. The molecule has 0 aliphatic rings. The van der Waals surface area contributed by atoms with Crippen molar-refractivity contribution in [1.82, 2.24) is 5.43 Å². The second-order valence-electron chi connectivity index (χ2n) is 4.31. The number of nitrogens with zero attached hydrogens (tertiary/aromatic N) is 1. The van der Waals surface area contributed by atoms with E-state index in [-0.39, 0.29) is 12.5 Å². The Morgan fingerprint density at radius 1 is 1.30 bits per heavy atom. The van der Waals surface area contributed by atoms with Gasteiger partial charge in [-0.2, -0.15) is 5.10 Å². The highest BCUT2D eigenvalue weighted by molar-refractivity contribution is 7.12. The van der Waals surface area contributed by atoms with Crippen LogP contribution in [0.2, 0.25) is 0 Å². The standard InChI is InChI=1S/C15H16N2O2S/c1-11-5-7-13(8-6-11)19-10-15(18)17-16-12(2)14-4-3-9-20-14/h3-9H,10H2,1-2H3,(H,17,18)/b16-12-. The van der Waals surface area contributed by atoms with E-state index in [2.05, 4.69) is 10.5 Å². The van der Waals surface area contributed by atoms with Crippen molar-refractivity contribution in [3.63, 3.8) is 0 Å². The molecule has 2 aromatic rings. The van der Waals surface area contributed by atoms with Gasteiger partial charge in [0.2, 0.25) is 0 Å². The maximum absolute atomic E-state index is 11.6. The quantitative estimate of drug-likeness (QED) is 0.679. The minimum absolute atomic E-state index is 0.0513. The first kappa shape index (κ1) is 14.3. The van der Waals surface area contributed by atoms with E-state index in [1.807, 2.05) is 55.6 Å². The van der Waals surface area contributed by atoms with Gasteiger partial charge in [-0.15, -0.1) is 11.3 Å². The van der Waals surface area contributed by atoms with Crippen molar-refractivity contribution in [1.29, 1.82) is 0 Å². The lowest BCUT2D eigenvalue weighted by Crippen LogP contribution is -2.25. The fourth-order valence-electron chi connectivity index (χ4n) is 1.50. The van der Waals surface area contributed by atoms with Crippen molar-refractivity contribution in [3.05, 3.63) is 52.2 Å². The van der Waals surface area contributed by atoms with Gasteiger partial charge in [-0.05, 0) is 37.4 Å². The third-order valence-corrected chi connectivity index (χ3v) is 3.60. The first-order chi connectivity index (χ1) is 9.65. The van der Waals surface area contributed by atoms with Crippen LogP contribution in [0.15, 0.2) is 46.9 Å². The van der Waals surface area contributed by atoms with Gasteiger partial charge in [0, 0.05) is 4.88 Å². The molecule has 1 amide bonds. The predicted octanol–water partition coefficient (Wildman–Crippen LogP) is 2.98. The molecule has 0 spiro atoms. The van der Waals surface area contributed by atoms with E-state index in [0.717, 1.165) is 16.2 Å². The molecule has 0 bridgehead atoms. The molecule has 0 unspecified atom stereocenters. The van der Waals surface area contributed by atoms with Gasteiger partial charge in [-0.25, -0.2) is 5.43 Å². The number of carbonyl (C=O) groups excluding carboxylic acids is 1. The summed E-state index contributed by atoms with van der Waals surface area (Å²) in [5.41, 5.74) is 4.42. The van der Waals surface area contributed by atoms with Crippen molar-refractivity contribution >= 4 is 23.0 Å². The third kappa shape index (κ3) is 4.20. The number of hydrogen-bond donors (Lipinski definition) is 1. The van der Waals surface area contributed by atoms with Gasteiger partial charge >= 0.3 is 0 Å². The summed E-state index contributed by atoms with van der Waals surface area (Å²) in [6.45, 7) is 3.80. The fraction of sp³-hybridized carbons (Fsp3) is 0.200. The lowest BCUT2D eigenvalue weighted by atomic mass is 10.2. The molecule has 104 valence electrons. The van der Waals surface area contributed by atoms with Crippen LogP contribution in [0.3, 0.4) is 0 Å². The average molecular weight is 288 g/mol. The van der Waals surface area contributed by atoms with E-state index < -0.39 is 0 Å². The Balaban J connectivity index is 1.81. The highest BCUT2D eigenvalue weighted by Gasteiger charge is 2.03. The van der Waals surface area contributed by atoms with Crippen molar-refractivity contribution in [3.8, 4) is 5.75 Å². The predicted molar refractivity (Wildman–Crippen MR) is 81.3 cm³/mol. The Morgan fingerprint density at radius 2 is 2.05 bits per heavy atom. The van der Waals surface area contributed by atoms with Gasteiger partial charge in [-0.3, -0.25) is 4.79 Å². The Bertz CT molecular complexity index is 589. The number of aryl methyl sites for hydroxylation is 1. The topological polar surface area (TPSA) is 50.7 Å². The molecule has 0 atom stereocenters. The molecule has 5 heteroatoms. The molecule has 1 aromatic heterocycles. The third-order valence-electron chi connectivity index (χ3n) is 2.62. The van der Waals surface area contributed by atoms with Crippen LogP contribution in [0.1, 0.15) is 17.4 Å². The summed E-state index contributed by atoms with van der Waals surface area (Å²) in [5, 5.41) is 6.01. The van der Waals surface area contributed by atoms with E-state index >= 15 is 0 Å². The lowest BCUT2D eigenvalue weighted by molar-refractivity contribution is -0.123. The molecule has 0 aliphatic heterocycles. The summed E-state index contributed by atoms with van der Waals surface area (Å²) in [6, 6.07) is 11.4. The monoisotopic (exact) mass is 288 g/mol. The summed E-state index contributed by atoms with van der Waals surface area (Å²) >= 11 is 1.58. The van der Waals surface area contributed by atoms with E-state index in [4.69, 9.17) is 4.74 Å². The first-order valence-corrected chi connectivity index (χ1v) is 7.09. The minimum Gasteiger partial charge on any atom is -0.484 e. The number of carbonyl (C=O) groups is 1. The number of benzene rings is 1. The molecule has 0 radical (unpaired) electrons. The zero-order valence-electron chi connectivity index (χ0n) is 11.4. The van der Waals surface area contributed by atoms with E-state index in [0.29, 0.717) is 5.75 Å². The molecule has 0 saturated heterocycles. The van der Waals surface area contributed by atoms with Gasteiger partial charge in [0.05, 0.1) is 5.71 Å². The fourth-order valence-corrected chi connectivity index (χ4v) is 2.18. The zero-order valence-corrected chi connectivity index (χ0v) is 12.2. The molecule has 20 heavy (non-hydrogen) atoms. The first-order valence-electron chi connectivity index (χ1n) is 6.21. The number of hydrazone groups is 1. The van der Waals surface area contributed by atoms with E-state index in [9.17, 15) is 4.79 Å². The van der Waals surface area contributed by atoms with E-state index in [1.54, 1.807) is 11.3 Å². The van der Waals surface area contributed by atoms with Crippen LogP contribution in [0.4, 0.5) is 0 Å². The maximum Gasteiger partial charge on any atom is 0.277 e. The largest absolute Gasteiger partial charge is 0.484 e. The summed E-state index contributed by atoms with van der Waals surface area (Å²) < 4.78 is 5.37. The summed E-state index contributed by atoms with van der Waals surface area (Å²) in [6.07, 6.45) is 0.